The molecule has 0 bridgehead atoms. The smallest absolute Gasteiger partial charge is 0.407 e. The molecule has 0 fully saturated rings. The van der Waals surface area contributed by atoms with Crippen LogP contribution in [0.2, 0.25) is 0 Å². The molecule has 0 spiro atoms. The second-order valence-corrected chi connectivity index (χ2v) is 9.02. The predicted molar refractivity (Wildman–Crippen MR) is 121 cm³/mol. The van der Waals surface area contributed by atoms with E-state index in [0.29, 0.717) is 37.9 Å². The summed E-state index contributed by atoms with van der Waals surface area (Å²) < 4.78 is 5.15. The number of carboxylic acid groups (broad SMARTS) is 2. The minimum Gasteiger partial charge on any atom is -0.480 e. The maximum atomic E-state index is 13.1. The summed E-state index contributed by atoms with van der Waals surface area (Å²) in [5.41, 5.74) is 0.785. The predicted octanol–water partition coefficient (Wildman–Crippen LogP) is 2.16. The van der Waals surface area contributed by atoms with Crippen LogP contribution in [0.1, 0.15) is 52.0 Å². The molecule has 1 aliphatic rings. The van der Waals surface area contributed by atoms with Gasteiger partial charge in [-0.25, -0.2) is 4.79 Å². The molecule has 4 N–H and O–H groups in total. The largest absolute Gasteiger partial charge is 0.480 e. The maximum absolute atomic E-state index is 13.1. The highest BCUT2D eigenvalue weighted by Gasteiger charge is 2.34. The molecule has 2 rings (SSSR count). The first kappa shape index (κ1) is 26.1. The lowest BCUT2D eigenvalue weighted by molar-refractivity contribution is -0.140. The topological polar surface area (TPSA) is 145 Å². The number of para-hydroxylation sites is 1. The number of amides is 2. The van der Waals surface area contributed by atoms with Crippen LogP contribution in [0.5, 0.6) is 0 Å². The average molecular weight is 464 g/mol. The SMILES string of the molecule is CC(C)(C)OC(=O)NCCCC[C@H](N[C@H]1CCc2ccccc2N(CC(=O)O)C1=O)C(=O)O. The van der Waals surface area contributed by atoms with Crippen molar-refractivity contribution in [2.45, 2.75) is 70.6 Å². The average Bonchev–Trinajstić information content (AvgIpc) is 2.83. The van der Waals surface area contributed by atoms with E-state index in [1.54, 1.807) is 32.9 Å². The Hall–Kier alpha value is -3.14. The lowest BCUT2D eigenvalue weighted by atomic mass is 10.0. The van der Waals surface area contributed by atoms with E-state index >= 15 is 0 Å². The highest BCUT2D eigenvalue weighted by Crippen LogP contribution is 2.27. The summed E-state index contributed by atoms with van der Waals surface area (Å²) >= 11 is 0. The van der Waals surface area contributed by atoms with Crippen LogP contribution in [0.25, 0.3) is 0 Å². The lowest BCUT2D eigenvalue weighted by Gasteiger charge is -2.26. The van der Waals surface area contributed by atoms with Crippen molar-refractivity contribution in [3.8, 4) is 0 Å². The van der Waals surface area contributed by atoms with Gasteiger partial charge in [0.2, 0.25) is 5.91 Å². The Morgan fingerprint density at radius 2 is 1.88 bits per heavy atom. The minimum absolute atomic E-state index is 0.251. The van der Waals surface area contributed by atoms with E-state index in [0.717, 1.165) is 5.56 Å². The van der Waals surface area contributed by atoms with Crippen LogP contribution in [0.4, 0.5) is 10.5 Å². The minimum atomic E-state index is -1.15. The van der Waals surface area contributed by atoms with E-state index in [9.17, 15) is 29.4 Å². The van der Waals surface area contributed by atoms with Crippen molar-refractivity contribution >= 4 is 29.6 Å². The number of alkyl carbamates (subject to hydrolysis) is 1. The Labute approximate surface area is 193 Å². The first-order valence-electron chi connectivity index (χ1n) is 11.0. The van der Waals surface area contributed by atoms with Gasteiger partial charge in [-0.05, 0) is 64.5 Å². The molecule has 2 amide bonds. The summed E-state index contributed by atoms with van der Waals surface area (Å²) in [5, 5.41) is 24.5. The zero-order valence-corrected chi connectivity index (χ0v) is 19.3. The maximum Gasteiger partial charge on any atom is 0.407 e. The fraction of sp³-hybridized carbons (Fsp3) is 0.565. The summed E-state index contributed by atoms with van der Waals surface area (Å²) in [5.74, 6) is -2.69. The van der Waals surface area contributed by atoms with Crippen molar-refractivity contribution < 1.29 is 34.1 Å². The van der Waals surface area contributed by atoms with Crippen molar-refractivity contribution in [1.82, 2.24) is 10.6 Å². The van der Waals surface area contributed by atoms with Gasteiger partial charge in [-0.1, -0.05) is 18.2 Å². The number of nitrogens with one attached hydrogen (secondary N) is 2. The number of hydrogen-bond donors (Lipinski definition) is 4. The summed E-state index contributed by atoms with van der Waals surface area (Å²) in [6.07, 6.45) is 1.64. The van der Waals surface area contributed by atoms with Gasteiger partial charge in [-0.2, -0.15) is 0 Å². The van der Waals surface area contributed by atoms with Crippen molar-refractivity contribution in [3.05, 3.63) is 29.8 Å². The number of carboxylic acids is 2. The number of anilines is 1. The fourth-order valence-electron chi connectivity index (χ4n) is 3.67. The number of nitrogens with zero attached hydrogens (tertiary/aromatic N) is 1. The molecule has 0 aliphatic carbocycles. The van der Waals surface area contributed by atoms with Gasteiger partial charge in [0.1, 0.15) is 18.2 Å². The quantitative estimate of drug-likeness (QED) is 0.386. The monoisotopic (exact) mass is 463 g/mol. The van der Waals surface area contributed by atoms with Crippen LogP contribution in [0.3, 0.4) is 0 Å². The van der Waals surface area contributed by atoms with Crippen LogP contribution >= 0.6 is 0 Å². The van der Waals surface area contributed by atoms with Gasteiger partial charge in [0.25, 0.3) is 0 Å². The van der Waals surface area contributed by atoms with Crippen molar-refractivity contribution in [1.29, 1.82) is 0 Å². The van der Waals surface area contributed by atoms with Crippen LogP contribution in [-0.2, 0) is 25.5 Å². The first-order chi connectivity index (χ1) is 15.5. The molecule has 0 unspecified atom stereocenters. The molecule has 1 aromatic carbocycles. The molecule has 1 aliphatic heterocycles. The van der Waals surface area contributed by atoms with Gasteiger partial charge in [-0.3, -0.25) is 24.6 Å². The summed E-state index contributed by atoms with van der Waals surface area (Å²) in [6, 6.07) is 5.30. The molecule has 0 saturated heterocycles. The van der Waals surface area contributed by atoms with Gasteiger partial charge < -0.3 is 20.3 Å². The van der Waals surface area contributed by atoms with Gasteiger partial charge in [-0.15, -0.1) is 0 Å². The van der Waals surface area contributed by atoms with Crippen LogP contribution in [0, 0.1) is 0 Å². The van der Waals surface area contributed by atoms with Gasteiger partial charge in [0, 0.05) is 12.2 Å². The molecule has 10 nitrogen and oxygen atoms in total. The molecule has 2 atom stereocenters. The standard InChI is InChI=1S/C23H33N3O7/c1-23(2,3)33-22(32)24-13-7-6-9-17(21(30)31)25-16-12-11-15-8-4-5-10-18(15)26(20(16)29)14-19(27)28/h4-5,8,10,16-17,25H,6-7,9,11-14H2,1-3H3,(H,24,32)(H,27,28)(H,30,31)/t16-,17-/m0/s1. The van der Waals surface area contributed by atoms with Crippen molar-refractivity contribution in [2.75, 3.05) is 18.0 Å². The molecule has 0 saturated carbocycles. The van der Waals surface area contributed by atoms with E-state index < -0.39 is 48.2 Å². The van der Waals surface area contributed by atoms with E-state index in [1.807, 2.05) is 12.1 Å². The number of carbonyl (C=O) groups excluding carboxylic acids is 2. The Morgan fingerprint density at radius 3 is 2.52 bits per heavy atom. The normalized spacial score (nSPS) is 17.0. The third kappa shape index (κ3) is 8.38. The number of unbranched alkanes of at least 4 members (excludes halogenated alkanes) is 1. The van der Waals surface area contributed by atoms with E-state index in [1.165, 1.54) is 4.90 Å². The van der Waals surface area contributed by atoms with Crippen LogP contribution in [-0.4, -0.2) is 64.9 Å². The summed E-state index contributed by atoms with van der Waals surface area (Å²) in [4.78, 5) is 49.1. The lowest BCUT2D eigenvalue weighted by Crippen LogP contribution is -2.52. The third-order valence-electron chi connectivity index (χ3n) is 5.13. The van der Waals surface area contributed by atoms with E-state index in [4.69, 9.17) is 4.74 Å². The molecule has 182 valence electrons. The van der Waals surface area contributed by atoms with Crippen LogP contribution < -0.4 is 15.5 Å². The molecule has 0 radical (unpaired) electrons. The number of aryl methyl sites for hydroxylation is 1. The molecule has 10 heteroatoms. The molecular weight excluding hydrogens is 430 g/mol. The van der Waals surface area contributed by atoms with Gasteiger partial charge in [0.05, 0.1) is 6.04 Å². The van der Waals surface area contributed by atoms with E-state index in [2.05, 4.69) is 10.6 Å². The number of ether oxygens (including phenoxy) is 1. The Morgan fingerprint density at radius 1 is 1.18 bits per heavy atom. The number of rotatable bonds is 10. The number of fused-ring (bicyclic) bond motifs is 1. The highest BCUT2D eigenvalue weighted by atomic mass is 16.6. The van der Waals surface area contributed by atoms with Gasteiger partial charge >= 0.3 is 18.0 Å². The Bertz CT molecular complexity index is 866. The Balaban J connectivity index is 1.95. The number of hydrogen-bond acceptors (Lipinski definition) is 6. The first-order valence-corrected chi connectivity index (χ1v) is 11.0. The summed E-state index contributed by atoms with van der Waals surface area (Å²) in [7, 11) is 0. The van der Waals surface area contributed by atoms with Crippen LogP contribution in [0.15, 0.2) is 24.3 Å². The second kappa shape index (κ2) is 11.6. The zero-order chi connectivity index (χ0) is 24.6. The van der Waals surface area contributed by atoms with Crippen molar-refractivity contribution in [2.24, 2.45) is 0 Å². The van der Waals surface area contributed by atoms with E-state index in [-0.39, 0.29) is 6.42 Å². The number of aliphatic carboxylic acids is 2. The van der Waals surface area contributed by atoms with Crippen molar-refractivity contribution in [3.63, 3.8) is 0 Å². The van der Waals surface area contributed by atoms with Gasteiger partial charge in [0.15, 0.2) is 0 Å². The summed E-state index contributed by atoms with van der Waals surface area (Å²) in [6.45, 7) is 5.13. The zero-order valence-electron chi connectivity index (χ0n) is 19.3. The molecular formula is C23H33N3O7. The molecule has 33 heavy (non-hydrogen) atoms. The molecule has 0 aromatic heterocycles. The number of benzene rings is 1. The highest BCUT2D eigenvalue weighted by molar-refractivity contribution is 6.02. The fourth-order valence-corrected chi connectivity index (χ4v) is 3.67. The molecule has 1 heterocycles. The molecule has 1 aromatic rings. The number of carbonyl (C=O) groups is 4. The Kier molecular flexibility index (Phi) is 9.22. The second-order valence-electron chi connectivity index (χ2n) is 9.02. The third-order valence-corrected chi connectivity index (χ3v) is 5.13.